The summed E-state index contributed by atoms with van der Waals surface area (Å²) in [7, 11) is 0. The SMILES string of the molecule is CCCCO/N=C(\COc1c(C)cccc1C)c1ccccc1. The molecule has 0 amide bonds. The molecule has 3 nitrogen and oxygen atoms in total. The second-order valence-corrected chi connectivity index (χ2v) is 5.60. The minimum atomic E-state index is 0.391. The summed E-state index contributed by atoms with van der Waals surface area (Å²) in [5, 5.41) is 4.30. The molecular weight excluding hydrogens is 286 g/mol. The van der Waals surface area contributed by atoms with Gasteiger partial charge in [-0.15, -0.1) is 0 Å². The Morgan fingerprint density at radius 3 is 2.30 bits per heavy atom. The van der Waals surface area contributed by atoms with Crippen LogP contribution in [0.5, 0.6) is 5.75 Å². The maximum absolute atomic E-state index is 6.03. The van der Waals surface area contributed by atoms with Gasteiger partial charge in [-0.2, -0.15) is 0 Å². The van der Waals surface area contributed by atoms with Crippen LogP contribution in [0.4, 0.5) is 0 Å². The predicted octanol–water partition coefficient (Wildman–Crippen LogP) is 4.90. The second-order valence-electron chi connectivity index (χ2n) is 5.60. The fourth-order valence-corrected chi connectivity index (χ4v) is 2.29. The van der Waals surface area contributed by atoms with Crippen LogP contribution in [0.25, 0.3) is 0 Å². The van der Waals surface area contributed by atoms with E-state index in [1.165, 1.54) is 0 Å². The van der Waals surface area contributed by atoms with Crippen LogP contribution >= 0.6 is 0 Å². The number of para-hydroxylation sites is 1. The number of unbranched alkanes of at least 4 members (excludes halogenated alkanes) is 1. The Morgan fingerprint density at radius 2 is 1.65 bits per heavy atom. The van der Waals surface area contributed by atoms with Gasteiger partial charge in [0, 0.05) is 5.56 Å². The number of aryl methyl sites for hydroxylation is 2. The Bertz CT molecular complexity index is 615. The first-order valence-corrected chi connectivity index (χ1v) is 8.15. The van der Waals surface area contributed by atoms with Crippen molar-refractivity contribution in [2.45, 2.75) is 33.6 Å². The highest BCUT2D eigenvalue weighted by Gasteiger charge is 2.09. The van der Waals surface area contributed by atoms with Gasteiger partial charge < -0.3 is 9.57 Å². The van der Waals surface area contributed by atoms with Crippen molar-refractivity contribution in [2.24, 2.45) is 5.16 Å². The summed E-state index contributed by atoms with van der Waals surface area (Å²) >= 11 is 0. The molecule has 122 valence electrons. The van der Waals surface area contributed by atoms with E-state index >= 15 is 0 Å². The Balaban J connectivity index is 2.11. The Kier molecular flexibility index (Phi) is 6.67. The third-order valence-electron chi connectivity index (χ3n) is 3.63. The van der Waals surface area contributed by atoms with Gasteiger partial charge in [-0.1, -0.05) is 67.0 Å². The number of hydrogen-bond acceptors (Lipinski definition) is 3. The summed E-state index contributed by atoms with van der Waals surface area (Å²) < 4.78 is 6.03. The first-order chi connectivity index (χ1) is 11.2. The Morgan fingerprint density at radius 1 is 0.957 bits per heavy atom. The molecule has 2 rings (SSSR count). The van der Waals surface area contributed by atoms with Crippen LogP contribution in [0, 0.1) is 13.8 Å². The molecule has 23 heavy (non-hydrogen) atoms. The summed E-state index contributed by atoms with van der Waals surface area (Å²) in [6.45, 7) is 7.27. The standard InChI is InChI=1S/C20H25NO2/c1-4-5-14-23-21-19(18-12-7-6-8-13-18)15-22-20-16(2)10-9-11-17(20)3/h6-13H,4-5,14-15H2,1-3H3/b21-19+. The minimum absolute atomic E-state index is 0.391. The topological polar surface area (TPSA) is 30.8 Å². The lowest BCUT2D eigenvalue weighted by Gasteiger charge is -2.13. The highest BCUT2D eigenvalue weighted by molar-refractivity contribution is 6.01. The molecule has 0 bridgehead atoms. The highest BCUT2D eigenvalue weighted by atomic mass is 16.6. The zero-order chi connectivity index (χ0) is 16.5. The van der Waals surface area contributed by atoms with Crippen LogP contribution in [-0.4, -0.2) is 18.9 Å². The molecule has 0 aliphatic heterocycles. The van der Waals surface area contributed by atoms with Gasteiger partial charge in [-0.3, -0.25) is 0 Å². The monoisotopic (exact) mass is 311 g/mol. The molecule has 0 N–H and O–H groups in total. The van der Waals surface area contributed by atoms with Crippen molar-refractivity contribution in [3.05, 3.63) is 65.2 Å². The third-order valence-corrected chi connectivity index (χ3v) is 3.63. The number of benzene rings is 2. The third kappa shape index (κ3) is 5.13. The van der Waals surface area contributed by atoms with Crippen LogP contribution in [0.15, 0.2) is 53.7 Å². The van der Waals surface area contributed by atoms with Gasteiger partial charge in [-0.05, 0) is 31.4 Å². The van der Waals surface area contributed by atoms with Gasteiger partial charge in [0.2, 0.25) is 0 Å². The minimum Gasteiger partial charge on any atom is -0.487 e. The predicted molar refractivity (Wildman–Crippen MR) is 95.3 cm³/mol. The molecule has 0 spiro atoms. The zero-order valence-electron chi connectivity index (χ0n) is 14.2. The molecule has 0 radical (unpaired) electrons. The van der Waals surface area contributed by atoms with Gasteiger partial charge in [0.15, 0.2) is 0 Å². The molecule has 2 aromatic carbocycles. The Hall–Kier alpha value is -2.29. The summed E-state index contributed by atoms with van der Waals surface area (Å²) in [6, 6.07) is 16.2. The molecular formula is C20H25NO2. The van der Waals surface area contributed by atoms with E-state index < -0.39 is 0 Å². The highest BCUT2D eigenvalue weighted by Crippen LogP contribution is 2.22. The van der Waals surface area contributed by atoms with Crippen LogP contribution in [0.1, 0.15) is 36.5 Å². The largest absolute Gasteiger partial charge is 0.487 e. The van der Waals surface area contributed by atoms with Crippen LogP contribution in [-0.2, 0) is 4.84 Å². The van der Waals surface area contributed by atoms with Crippen molar-refractivity contribution in [3.8, 4) is 5.75 Å². The first kappa shape index (κ1) is 17.1. The van der Waals surface area contributed by atoms with E-state index in [9.17, 15) is 0 Å². The van der Waals surface area contributed by atoms with E-state index in [2.05, 4.69) is 38.1 Å². The summed E-state index contributed by atoms with van der Waals surface area (Å²) in [5.74, 6) is 0.921. The first-order valence-electron chi connectivity index (χ1n) is 8.15. The van der Waals surface area contributed by atoms with E-state index in [1.807, 2.05) is 36.4 Å². The zero-order valence-corrected chi connectivity index (χ0v) is 14.2. The van der Waals surface area contributed by atoms with Gasteiger partial charge in [-0.25, -0.2) is 0 Å². The van der Waals surface area contributed by atoms with Crippen molar-refractivity contribution in [1.29, 1.82) is 0 Å². The summed E-state index contributed by atoms with van der Waals surface area (Å²) in [4.78, 5) is 5.45. The molecule has 3 heteroatoms. The van der Waals surface area contributed by atoms with E-state index in [0.29, 0.717) is 13.2 Å². The average Bonchev–Trinajstić information content (AvgIpc) is 2.57. The number of rotatable bonds is 8. The van der Waals surface area contributed by atoms with Gasteiger partial charge in [0.1, 0.15) is 24.7 Å². The maximum Gasteiger partial charge on any atom is 0.134 e. The molecule has 0 aliphatic carbocycles. The smallest absolute Gasteiger partial charge is 0.134 e. The lowest BCUT2D eigenvalue weighted by Crippen LogP contribution is -2.15. The quantitative estimate of drug-likeness (QED) is 0.394. The van der Waals surface area contributed by atoms with Crippen molar-refractivity contribution < 1.29 is 9.57 Å². The van der Waals surface area contributed by atoms with Gasteiger partial charge in [0.05, 0.1) is 0 Å². The molecule has 0 aromatic heterocycles. The molecule has 0 saturated carbocycles. The maximum atomic E-state index is 6.03. The van der Waals surface area contributed by atoms with Gasteiger partial charge >= 0.3 is 0 Å². The fraction of sp³-hybridized carbons (Fsp3) is 0.350. The Labute approximate surface area is 138 Å². The van der Waals surface area contributed by atoms with Crippen molar-refractivity contribution in [2.75, 3.05) is 13.2 Å². The summed E-state index contributed by atoms with van der Waals surface area (Å²) in [6.07, 6.45) is 2.10. The molecule has 0 aliphatic rings. The molecule has 2 aromatic rings. The molecule has 0 heterocycles. The second kappa shape index (κ2) is 8.99. The van der Waals surface area contributed by atoms with Crippen molar-refractivity contribution >= 4 is 5.71 Å². The van der Waals surface area contributed by atoms with Crippen LogP contribution < -0.4 is 4.74 Å². The lowest BCUT2D eigenvalue weighted by atomic mass is 10.1. The van der Waals surface area contributed by atoms with Crippen LogP contribution in [0.2, 0.25) is 0 Å². The lowest BCUT2D eigenvalue weighted by molar-refractivity contribution is 0.139. The molecule has 0 unspecified atom stereocenters. The number of hydrogen-bond donors (Lipinski definition) is 0. The van der Waals surface area contributed by atoms with Crippen LogP contribution in [0.3, 0.4) is 0 Å². The van der Waals surface area contributed by atoms with Gasteiger partial charge in [0.25, 0.3) is 0 Å². The normalized spacial score (nSPS) is 11.3. The summed E-state index contributed by atoms with van der Waals surface area (Å²) in [5.41, 5.74) is 4.09. The van der Waals surface area contributed by atoms with E-state index in [1.54, 1.807) is 0 Å². The number of ether oxygens (including phenoxy) is 1. The fourth-order valence-electron chi connectivity index (χ4n) is 2.29. The van der Waals surface area contributed by atoms with E-state index in [0.717, 1.165) is 41.0 Å². The molecule has 0 atom stereocenters. The van der Waals surface area contributed by atoms with Crippen molar-refractivity contribution in [1.82, 2.24) is 0 Å². The van der Waals surface area contributed by atoms with E-state index in [-0.39, 0.29) is 0 Å². The number of oxime groups is 1. The van der Waals surface area contributed by atoms with E-state index in [4.69, 9.17) is 9.57 Å². The van der Waals surface area contributed by atoms with Crippen molar-refractivity contribution in [3.63, 3.8) is 0 Å². The molecule has 0 fully saturated rings. The molecule has 0 saturated heterocycles. The average molecular weight is 311 g/mol. The number of nitrogens with zero attached hydrogens (tertiary/aromatic N) is 1.